The van der Waals surface area contributed by atoms with Crippen molar-refractivity contribution in [3.8, 4) is 5.75 Å². The number of rotatable bonds is 6. The second-order valence-corrected chi connectivity index (χ2v) is 5.39. The van der Waals surface area contributed by atoms with Crippen LogP contribution >= 0.6 is 0 Å². The third-order valence-corrected chi connectivity index (χ3v) is 3.62. The number of ether oxygens (including phenoxy) is 1. The second-order valence-electron chi connectivity index (χ2n) is 5.39. The first-order valence-corrected chi connectivity index (χ1v) is 7.22. The van der Waals surface area contributed by atoms with E-state index in [1.807, 2.05) is 11.9 Å². The molecule has 0 unspecified atom stereocenters. The van der Waals surface area contributed by atoms with E-state index in [0.29, 0.717) is 25.4 Å². The lowest BCUT2D eigenvalue weighted by Gasteiger charge is -2.19. The van der Waals surface area contributed by atoms with Crippen LogP contribution in [0.4, 0.5) is 4.39 Å². The molecule has 0 spiro atoms. The van der Waals surface area contributed by atoms with Crippen LogP contribution in [0.1, 0.15) is 5.69 Å². The van der Waals surface area contributed by atoms with E-state index in [1.54, 1.807) is 25.2 Å². The first kappa shape index (κ1) is 17.0. The zero-order valence-corrected chi connectivity index (χ0v) is 13.5. The molecular weight excluding hydrogens is 301 g/mol. The van der Waals surface area contributed by atoms with Crippen molar-refractivity contribution in [2.45, 2.75) is 6.54 Å². The van der Waals surface area contributed by atoms with E-state index in [2.05, 4.69) is 0 Å². The van der Waals surface area contributed by atoms with Gasteiger partial charge in [-0.25, -0.2) is 9.18 Å². The molecule has 1 heterocycles. The molecule has 2 aromatic rings. The average Bonchev–Trinajstić information content (AvgIpc) is 2.52. The van der Waals surface area contributed by atoms with Crippen molar-refractivity contribution in [1.82, 2.24) is 14.0 Å². The lowest BCUT2D eigenvalue weighted by Crippen LogP contribution is -2.39. The quantitative estimate of drug-likeness (QED) is 0.787. The number of benzene rings is 1. The number of aromatic nitrogens is 2. The molecule has 0 bridgehead atoms. The van der Waals surface area contributed by atoms with Crippen molar-refractivity contribution in [3.63, 3.8) is 0 Å². The van der Waals surface area contributed by atoms with Gasteiger partial charge in [0.2, 0.25) is 0 Å². The van der Waals surface area contributed by atoms with Gasteiger partial charge >= 0.3 is 5.69 Å². The summed E-state index contributed by atoms with van der Waals surface area (Å²) in [6.45, 7) is 1.25. The minimum Gasteiger partial charge on any atom is -0.489 e. The van der Waals surface area contributed by atoms with Crippen LogP contribution < -0.4 is 16.0 Å². The fourth-order valence-electron chi connectivity index (χ4n) is 2.16. The highest BCUT2D eigenvalue weighted by Gasteiger charge is 2.09. The SMILES string of the molecule is CN(CCOc1ccccc1F)Cc1cc(=O)n(C)c(=O)n1C. The van der Waals surface area contributed by atoms with Crippen molar-refractivity contribution in [1.29, 1.82) is 0 Å². The maximum absolute atomic E-state index is 13.4. The molecule has 0 saturated carbocycles. The molecule has 0 fully saturated rings. The second kappa shape index (κ2) is 7.23. The molecule has 0 aliphatic carbocycles. The fourth-order valence-corrected chi connectivity index (χ4v) is 2.16. The summed E-state index contributed by atoms with van der Waals surface area (Å²) in [5.41, 5.74) is -0.0749. The van der Waals surface area contributed by atoms with Gasteiger partial charge in [-0.3, -0.25) is 18.8 Å². The summed E-state index contributed by atoms with van der Waals surface area (Å²) in [5.74, 6) is -0.189. The molecule has 0 saturated heterocycles. The van der Waals surface area contributed by atoms with Crippen molar-refractivity contribution in [3.05, 3.63) is 62.7 Å². The highest BCUT2D eigenvalue weighted by Crippen LogP contribution is 2.15. The van der Waals surface area contributed by atoms with Crippen LogP contribution in [0.3, 0.4) is 0 Å². The molecule has 124 valence electrons. The Morgan fingerprint density at radius 2 is 1.87 bits per heavy atom. The summed E-state index contributed by atoms with van der Waals surface area (Å²) in [7, 11) is 4.91. The van der Waals surface area contributed by atoms with Crippen LogP contribution in [-0.2, 0) is 20.6 Å². The van der Waals surface area contributed by atoms with Gasteiger partial charge in [0, 0.05) is 38.9 Å². The van der Waals surface area contributed by atoms with Crippen LogP contribution in [-0.4, -0.2) is 34.2 Å². The molecule has 0 aliphatic rings. The lowest BCUT2D eigenvalue weighted by molar-refractivity contribution is 0.223. The predicted octanol–water partition coefficient (Wildman–Crippen LogP) is 0.734. The van der Waals surface area contributed by atoms with Gasteiger partial charge < -0.3 is 4.74 Å². The topological polar surface area (TPSA) is 56.5 Å². The highest BCUT2D eigenvalue weighted by molar-refractivity contribution is 5.23. The number of hydrogen-bond acceptors (Lipinski definition) is 4. The fraction of sp³-hybridized carbons (Fsp3) is 0.375. The monoisotopic (exact) mass is 321 g/mol. The zero-order chi connectivity index (χ0) is 17.0. The van der Waals surface area contributed by atoms with Crippen LogP contribution in [0.5, 0.6) is 5.75 Å². The summed E-state index contributed by atoms with van der Waals surface area (Å²) in [6, 6.07) is 7.66. The first-order valence-electron chi connectivity index (χ1n) is 7.22. The predicted molar refractivity (Wildman–Crippen MR) is 85.2 cm³/mol. The van der Waals surface area contributed by atoms with Gasteiger partial charge in [0.05, 0.1) is 0 Å². The molecule has 6 nitrogen and oxygen atoms in total. The molecule has 0 atom stereocenters. The Morgan fingerprint density at radius 1 is 1.17 bits per heavy atom. The largest absolute Gasteiger partial charge is 0.489 e. The molecule has 1 aromatic heterocycles. The Hall–Kier alpha value is -2.41. The Kier molecular flexibility index (Phi) is 5.33. The number of likely N-dealkylation sites (N-methyl/N-ethyl adjacent to an activating group) is 1. The van der Waals surface area contributed by atoms with Crippen LogP contribution in [0, 0.1) is 5.82 Å². The molecule has 2 rings (SSSR count). The van der Waals surface area contributed by atoms with E-state index in [9.17, 15) is 14.0 Å². The van der Waals surface area contributed by atoms with E-state index in [1.165, 1.54) is 23.7 Å². The maximum Gasteiger partial charge on any atom is 0.330 e. The van der Waals surface area contributed by atoms with Gasteiger partial charge in [0.25, 0.3) is 5.56 Å². The molecule has 0 aliphatic heterocycles. The molecule has 0 N–H and O–H groups in total. The third-order valence-electron chi connectivity index (χ3n) is 3.62. The summed E-state index contributed by atoms with van der Waals surface area (Å²) < 4.78 is 21.3. The first-order chi connectivity index (χ1) is 10.9. The normalized spacial score (nSPS) is 11.0. The summed E-state index contributed by atoms with van der Waals surface area (Å²) >= 11 is 0. The Balaban J connectivity index is 1.96. The van der Waals surface area contributed by atoms with Crippen molar-refractivity contribution in [2.24, 2.45) is 14.1 Å². The van der Waals surface area contributed by atoms with E-state index >= 15 is 0 Å². The molecular formula is C16H20FN3O3. The van der Waals surface area contributed by atoms with E-state index in [0.717, 1.165) is 4.57 Å². The van der Waals surface area contributed by atoms with Gasteiger partial charge in [-0.15, -0.1) is 0 Å². The standard InChI is InChI=1S/C16H20FN3O3/c1-18(8-9-23-14-7-5-4-6-13(14)17)11-12-10-15(21)20(3)16(22)19(12)2/h4-7,10H,8-9,11H2,1-3H3. The summed E-state index contributed by atoms with van der Waals surface area (Å²) in [6.07, 6.45) is 0. The van der Waals surface area contributed by atoms with Crippen molar-refractivity contribution >= 4 is 0 Å². The van der Waals surface area contributed by atoms with Gasteiger partial charge in [0.15, 0.2) is 11.6 Å². The minimum absolute atomic E-state index is 0.210. The Labute approximate surface area is 133 Å². The smallest absolute Gasteiger partial charge is 0.330 e. The molecule has 0 radical (unpaired) electrons. The number of hydrogen-bond donors (Lipinski definition) is 0. The number of halogens is 1. The van der Waals surface area contributed by atoms with Crippen LogP contribution in [0.15, 0.2) is 39.9 Å². The molecule has 23 heavy (non-hydrogen) atoms. The lowest BCUT2D eigenvalue weighted by atomic mass is 10.3. The zero-order valence-electron chi connectivity index (χ0n) is 13.5. The van der Waals surface area contributed by atoms with E-state index in [-0.39, 0.29) is 17.0 Å². The van der Waals surface area contributed by atoms with Gasteiger partial charge in [-0.1, -0.05) is 12.1 Å². The maximum atomic E-state index is 13.4. The Morgan fingerprint density at radius 3 is 2.57 bits per heavy atom. The average molecular weight is 321 g/mol. The molecule has 0 amide bonds. The van der Waals surface area contributed by atoms with Crippen molar-refractivity contribution in [2.75, 3.05) is 20.2 Å². The number of para-hydroxylation sites is 1. The highest BCUT2D eigenvalue weighted by atomic mass is 19.1. The molecule has 1 aromatic carbocycles. The molecule has 7 heteroatoms. The van der Waals surface area contributed by atoms with E-state index < -0.39 is 5.82 Å². The van der Waals surface area contributed by atoms with Gasteiger partial charge in [0.1, 0.15) is 6.61 Å². The van der Waals surface area contributed by atoms with E-state index in [4.69, 9.17) is 4.74 Å². The van der Waals surface area contributed by atoms with Crippen LogP contribution in [0.25, 0.3) is 0 Å². The minimum atomic E-state index is -0.399. The summed E-state index contributed by atoms with van der Waals surface area (Å²) in [5, 5.41) is 0. The Bertz CT molecular complexity index is 798. The van der Waals surface area contributed by atoms with Gasteiger partial charge in [-0.05, 0) is 19.2 Å². The number of nitrogens with zero attached hydrogens (tertiary/aromatic N) is 3. The van der Waals surface area contributed by atoms with Gasteiger partial charge in [-0.2, -0.15) is 0 Å². The summed E-state index contributed by atoms with van der Waals surface area (Å²) in [4.78, 5) is 25.5. The van der Waals surface area contributed by atoms with Crippen molar-refractivity contribution < 1.29 is 9.13 Å². The van der Waals surface area contributed by atoms with Crippen LogP contribution in [0.2, 0.25) is 0 Å². The third kappa shape index (κ3) is 4.07.